The first-order chi connectivity index (χ1) is 7.03. The lowest BCUT2D eigenvalue weighted by atomic mass is 10.2. The van der Waals surface area contributed by atoms with Gasteiger partial charge in [-0.15, -0.1) is 0 Å². The zero-order valence-corrected chi connectivity index (χ0v) is 10.5. The van der Waals surface area contributed by atoms with Crippen LogP contribution in [-0.4, -0.2) is 57.0 Å². The third kappa shape index (κ3) is 4.95. The van der Waals surface area contributed by atoms with E-state index in [1.54, 1.807) is 6.92 Å². The highest BCUT2D eigenvalue weighted by atomic mass is 32.2. The van der Waals surface area contributed by atoms with Crippen molar-refractivity contribution in [3.8, 4) is 0 Å². The summed E-state index contributed by atoms with van der Waals surface area (Å²) in [6.07, 6.45) is 0.767. The van der Waals surface area contributed by atoms with Crippen molar-refractivity contribution >= 4 is 9.84 Å². The summed E-state index contributed by atoms with van der Waals surface area (Å²) < 4.78 is 22.5. The molecule has 15 heavy (non-hydrogen) atoms. The maximum atomic E-state index is 11.3. The van der Waals surface area contributed by atoms with Crippen molar-refractivity contribution in [3.63, 3.8) is 0 Å². The van der Waals surface area contributed by atoms with Gasteiger partial charge in [0.1, 0.15) is 9.84 Å². The lowest BCUT2D eigenvalue weighted by Crippen LogP contribution is -2.49. The quantitative estimate of drug-likeness (QED) is 0.733. The fraction of sp³-hybridized carbons (Fsp3) is 1.00. The van der Waals surface area contributed by atoms with Crippen LogP contribution in [-0.2, 0) is 9.84 Å². The number of rotatable bonds is 5. The van der Waals surface area contributed by atoms with Crippen LogP contribution in [0, 0.1) is 0 Å². The van der Waals surface area contributed by atoms with Gasteiger partial charge in [0.15, 0.2) is 0 Å². The van der Waals surface area contributed by atoms with Crippen molar-refractivity contribution in [2.45, 2.75) is 26.3 Å². The molecule has 1 unspecified atom stereocenters. The molecule has 0 amide bonds. The maximum Gasteiger partial charge on any atom is 0.150 e. The molecule has 1 atom stereocenters. The van der Waals surface area contributed by atoms with Gasteiger partial charge in [-0.2, -0.15) is 0 Å². The molecule has 0 aromatic heterocycles. The molecule has 0 radical (unpaired) electrons. The molecule has 0 bridgehead atoms. The molecule has 1 fully saturated rings. The Labute approximate surface area is 93.0 Å². The van der Waals surface area contributed by atoms with E-state index in [0.717, 1.165) is 32.6 Å². The molecule has 1 aliphatic heterocycles. The summed E-state index contributed by atoms with van der Waals surface area (Å²) >= 11 is 0. The molecule has 4 nitrogen and oxygen atoms in total. The fourth-order valence-electron chi connectivity index (χ4n) is 1.87. The number of hydrogen-bond acceptors (Lipinski definition) is 4. The predicted octanol–water partition coefficient (Wildman–Crippen LogP) is 0.105. The normalized spacial score (nSPS) is 24.3. The minimum Gasteiger partial charge on any atom is -0.312 e. The Morgan fingerprint density at radius 3 is 2.80 bits per heavy atom. The number of hydrogen-bond donors (Lipinski definition) is 1. The van der Waals surface area contributed by atoms with Crippen molar-refractivity contribution in [1.82, 2.24) is 10.2 Å². The SMILES string of the molecule is CCS(=O)(=O)CCCN1CCNC(C)C1. The molecule has 0 aromatic rings. The third-order valence-electron chi connectivity index (χ3n) is 2.82. The molecule has 1 saturated heterocycles. The Morgan fingerprint density at radius 2 is 2.20 bits per heavy atom. The number of nitrogens with zero attached hydrogens (tertiary/aromatic N) is 1. The van der Waals surface area contributed by atoms with Crippen LogP contribution in [0.4, 0.5) is 0 Å². The van der Waals surface area contributed by atoms with Gasteiger partial charge in [0.05, 0.1) is 5.75 Å². The van der Waals surface area contributed by atoms with Crippen LogP contribution in [0.2, 0.25) is 0 Å². The molecule has 1 rings (SSSR count). The van der Waals surface area contributed by atoms with Crippen LogP contribution in [0.25, 0.3) is 0 Å². The number of sulfone groups is 1. The molecule has 5 heteroatoms. The monoisotopic (exact) mass is 234 g/mol. The molecular weight excluding hydrogens is 212 g/mol. The van der Waals surface area contributed by atoms with E-state index in [-0.39, 0.29) is 5.75 Å². The second kappa shape index (κ2) is 5.82. The van der Waals surface area contributed by atoms with E-state index in [0.29, 0.717) is 11.8 Å². The Hall–Kier alpha value is -0.130. The largest absolute Gasteiger partial charge is 0.312 e. The van der Waals surface area contributed by atoms with Crippen LogP contribution in [0.5, 0.6) is 0 Å². The van der Waals surface area contributed by atoms with Gasteiger partial charge in [-0.3, -0.25) is 0 Å². The van der Waals surface area contributed by atoms with Crippen molar-refractivity contribution in [2.75, 3.05) is 37.7 Å². The Balaban J connectivity index is 2.20. The average Bonchev–Trinajstić information content (AvgIpc) is 2.18. The summed E-state index contributed by atoms with van der Waals surface area (Å²) in [5.74, 6) is 0.604. The van der Waals surface area contributed by atoms with Crippen molar-refractivity contribution in [1.29, 1.82) is 0 Å². The van der Waals surface area contributed by atoms with Crippen LogP contribution in [0.3, 0.4) is 0 Å². The average molecular weight is 234 g/mol. The van der Waals surface area contributed by atoms with E-state index in [1.165, 1.54) is 0 Å². The van der Waals surface area contributed by atoms with Gasteiger partial charge < -0.3 is 10.2 Å². The zero-order valence-electron chi connectivity index (χ0n) is 9.70. The second-order valence-electron chi connectivity index (χ2n) is 4.25. The summed E-state index contributed by atoms with van der Waals surface area (Å²) in [5.41, 5.74) is 0. The van der Waals surface area contributed by atoms with E-state index in [2.05, 4.69) is 17.1 Å². The number of nitrogens with one attached hydrogen (secondary N) is 1. The molecule has 1 N–H and O–H groups in total. The lowest BCUT2D eigenvalue weighted by Gasteiger charge is -2.31. The van der Waals surface area contributed by atoms with Crippen molar-refractivity contribution in [3.05, 3.63) is 0 Å². The van der Waals surface area contributed by atoms with E-state index in [9.17, 15) is 8.42 Å². The van der Waals surface area contributed by atoms with Gasteiger partial charge in [-0.25, -0.2) is 8.42 Å². The summed E-state index contributed by atoms with van der Waals surface area (Å²) in [5, 5.41) is 3.37. The van der Waals surface area contributed by atoms with E-state index in [4.69, 9.17) is 0 Å². The van der Waals surface area contributed by atoms with Crippen LogP contribution < -0.4 is 5.32 Å². The lowest BCUT2D eigenvalue weighted by molar-refractivity contribution is 0.208. The highest BCUT2D eigenvalue weighted by Gasteiger charge is 2.15. The standard InChI is InChI=1S/C10H22N2O2S/c1-3-15(13,14)8-4-6-12-7-5-11-10(2)9-12/h10-11H,3-9H2,1-2H3. The maximum absolute atomic E-state index is 11.3. The summed E-state index contributed by atoms with van der Waals surface area (Å²) in [6, 6.07) is 0.529. The van der Waals surface area contributed by atoms with Gasteiger partial charge in [-0.1, -0.05) is 6.92 Å². The molecular formula is C10H22N2O2S. The summed E-state index contributed by atoms with van der Waals surface area (Å²) in [6.45, 7) is 7.87. The predicted molar refractivity (Wildman–Crippen MR) is 62.8 cm³/mol. The summed E-state index contributed by atoms with van der Waals surface area (Å²) in [4.78, 5) is 2.34. The third-order valence-corrected chi connectivity index (χ3v) is 4.61. The molecule has 0 spiro atoms. The van der Waals surface area contributed by atoms with E-state index >= 15 is 0 Å². The first-order valence-electron chi connectivity index (χ1n) is 5.69. The molecule has 0 saturated carbocycles. The Kier molecular flexibility index (Phi) is 5.02. The number of piperazine rings is 1. The van der Waals surface area contributed by atoms with Gasteiger partial charge in [-0.05, 0) is 19.9 Å². The van der Waals surface area contributed by atoms with Crippen molar-refractivity contribution in [2.24, 2.45) is 0 Å². The molecule has 0 aliphatic carbocycles. The smallest absolute Gasteiger partial charge is 0.150 e. The van der Waals surface area contributed by atoms with Gasteiger partial charge in [0.2, 0.25) is 0 Å². The topological polar surface area (TPSA) is 49.4 Å². The van der Waals surface area contributed by atoms with Crippen LogP contribution in [0.1, 0.15) is 20.3 Å². The zero-order chi connectivity index (χ0) is 11.3. The highest BCUT2D eigenvalue weighted by Crippen LogP contribution is 2.01. The van der Waals surface area contributed by atoms with Crippen LogP contribution >= 0.6 is 0 Å². The van der Waals surface area contributed by atoms with E-state index < -0.39 is 9.84 Å². The first-order valence-corrected chi connectivity index (χ1v) is 7.52. The van der Waals surface area contributed by atoms with Crippen LogP contribution in [0.15, 0.2) is 0 Å². The van der Waals surface area contributed by atoms with Gasteiger partial charge >= 0.3 is 0 Å². The molecule has 90 valence electrons. The Morgan fingerprint density at radius 1 is 1.47 bits per heavy atom. The first kappa shape index (κ1) is 12.9. The second-order valence-corrected chi connectivity index (χ2v) is 6.72. The molecule has 0 aromatic carbocycles. The van der Waals surface area contributed by atoms with Gasteiger partial charge in [0.25, 0.3) is 0 Å². The van der Waals surface area contributed by atoms with Crippen molar-refractivity contribution < 1.29 is 8.42 Å². The minimum atomic E-state index is -2.78. The molecule has 1 heterocycles. The highest BCUT2D eigenvalue weighted by molar-refractivity contribution is 7.91. The fourth-order valence-corrected chi connectivity index (χ4v) is 2.73. The minimum absolute atomic E-state index is 0.269. The van der Waals surface area contributed by atoms with E-state index in [1.807, 2.05) is 0 Å². The molecule has 1 aliphatic rings. The Bertz CT molecular complexity index is 277. The summed E-state index contributed by atoms with van der Waals surface area (Å²) in [7, 11) is -2.78. The van der Waals surface area contributed by atoms with Gasteiger partial charge in [0, 0.05) is 31.4 Å².